The van der Waals surface area contributed by atoms with Crippen LogP contribution in [0.25, 0.3) is 0 Å². The van der Waals surface area contributed by atoms with E-state index in [0.29, 0.717) is 29.6 Å². The van der Waals surface area contributed by atoms with Crippen molar-refractivity contribution >= 4 is 23.7 Å². The number of allylic oxidation sites excluding steroid dienone is 1. The van der Waals surface area contributed by atoms with Crippen LogP contribution in [0.4, 0.5) is 0 Å². The summed E-state index contributed by atoms with van der Waals surface area (Å²) in [5.74, 6) is -3.09. The molecule has 4 aliphatic carbocycles. The second-order valence-corrected chi connectivity index (χ2v) is 13.3. The lowest BCUT2D eigenvalue weighted by atomic mass is 9.37. The first-order valence-corrected chi connectivity index (χ1v) is 13.7. The van der Waals surface area contributed by atoms with Crippen LogP contribution in [0.1, 0.15) is 72.0 Å². The fourth-order valence-electron chi connectivity index (χ4n) is 9.83. The molecule has 1 N–H and O–H groups in total. The van der Waals surface area contributed by atoms with Gasteiger partial charge in [0.1, 0.15) is 6.10 Å². The summed E-state index contributed by atoms with van der Waals surface area (Å²) < 4.78 is 22.2. The number of aliphatic hydroxyl groups is 1. The van der Waals surface area contributed by atoms with E-state index in [9.17, 15) is 24.3 Å². The van der Waals surface area contributed by atoms with Crippen LogP contribution in [0.2, 0.25) is 0 Å². The van der Waals surface area contributed by atoms with Crippen molar-refractivity contribution in [1.82, 2.24) is 0 Å². The lowest BCUT2D eigenvalue weighted by Gasteiger charge is -2.67. The van der Waals surface area contributed by atoms with Crippen LogP contribution < -0.4 is 0 Å². The molecular formula is C31H36O9. The second kappa shape index (κ2) is 7.96. The summed E-state index contributed by atoms with van der Waals surface area (Å²) in [6.45, 7) is 13.5. The summed E-state index contributed by atoms with van der Waals surface area (Å²) in [5.41, 5.74) is -2.98. The lowest BCUT2D eigenvalue weighted by Crippen LogP contribution is -2.74. The van der Waals surface area contributed by atoms with Crippen molar-refractivity contribution in [3.63, 3.8) is 0 Å². The van der Waals surface area contributed by atoms with Gasteiger partial charge >= 0.3 is 17.9 Å². The molecule has 3 saturated carbocycles. The average molecular weight is 553 g/mol. The molecule has 40 heavy (non-hydrogen) atoms. The van der Waals surface area contributed by atoms with Gasteiger partial charge in [-0.2, -0.15) is 0 Å². The molecule has 1 aromatic heterocycles. The van der Waals surface area contributed by atoms with Gasteiger partial charge in [0.05, 0.1) is 32.5 Å². The van der Waals surface area contributed by atoms with Crippen LogP contribution in [0.5, 0.6) is 0 Å². The first kappa shape index (κ1) is 27.0. The Hall–Kier alpha value is -3.20. The molecule has 1 unspecified atom stereocenters. The number of cyclic esters (lactones) is 1. The third-order valence-electron chi connectivity index (χ3n) is 11.8. The monoisotopic (exact) mass is 552 g/mol. The first-order chi connectivity index (χ1) is 18.6. The average Bonchev–Trinajstić information content (AvgIpc) is 3.53. The summed E-state index contributed by atoms with van der Waals surface area (Å²) in [4.78, 5) is 53.0. The lowest BCUT2D eigenvalue weighted by molar-refractivity contribution is -0.222. The van der Waals surface area contributed by atoms with Crippen LogP contribution >= 0.6 is 0 Å². The van der Waals surface area contributed by atoms with Crippen LogP contribution in [0.15, 0.2) is 46.3 Å². The second-order valence-electron chi connectivity index (χ2n) is 13.3. The van der Waals surface area contributed by atoms with Gasteiger partial charge < -0.3 is 23.7 Å². The Morgan fingerprint density at radius 1 is 1.20 bits per heavy atom. The number of furan rings is 1. The Bertz CT molecular complexity index is 1410. The van der Waals surface area contributed by atoms with E-state index >= 15 is 0 Å². The number of Topliss-reactive ketones (excluding diaryl/α,β-unsaturated/α-hetero) is 1. The number of fused-ring (bicyclic) bond motifs is 4. The van der Waals surface area contributed by atoms with Crippen molar-refractivity contribution in [1.29, 1.82) is 0 Å². The number of hydrogen-bond acceptors (Lipinski definition) is 9. The quantitative estimate of drug-likeness (QED) is 0.335. The normalized spacial score (nSPS) is 45.1. The summed E-state index contributed by atoms with van der Waals surface area (Å²) in [7, 11) is 1.32. The van der Waals surface area contributed by atoms with Gasteiger partial charge in [-0.05, 0) is 40.9 Å². The fraction of sp³-hybridized carbons (Fsp3) is 0.613. The molecule has 0 amide bonds. The van der Waals surface area contributed by atoms with Crippen LogP contribution in [-0.2, 0) is 33.4 Å². The molecule has 0 aromatic carbocycles. The van der Waals surface area contributed by atoms with E-state index in [1.54, 1.807) is 13.0 Å². The summed E-state index contributed by atoms with van der Waals surface area (Å²) in [6.07, 6.45) is 1.70. The van der Waals surface area contributed by atoms with Gasteiger partial charge in [0.25, 0.3) is 0 Å². The first-order valence-electron chi connectivity index (χ1n) is 13.7. The molecule has 5 aliphatic rings. The van der Waals surface area contributed by atoms with Crippen molar-refractivity contribution < 1.29 is 42.9 Å². The highest BCUT2D eigenvalue weighted by Crippen LogP contribution is 2.82. The number of carbonyl (C=O) groups excluding carboxylic acids is 4. The number of methoxy groups -OCH3 is 1. The van der Waals surface area contributed by atoms with E-state index < -0.39 is 75.0 Å². The molecule has 2 bridgehead atoms. The van der Waals surface area contributed by atoms with Crippen LogP contribution in [-0.4, -0.2) is 47.6 Å². The Morgan fingerprint density at radius 2 is 1.90 bits per heavy atom. The van der Waals surface area contributed by atoms with Crippen molar-refractivity contribution in [3.05, 3.63) is 47.5 Å². The number of ketones is 1. The van der Waals surface area contributed by atoms with Crippen molar-refractivity contribution in [3.8, 4) is 0 Å². The van der Waals surface area contributed by atoms with Gasteiger partial charge in [0.15, 0.2) is 17.5 Å². The minimum atomic E-state index is -2.03. The number of ether oxygens (including phenoxy) is 3. The van der Waals surface area contributed by atoms with E-state index in [1.165, 1.54) is 26.6 Å². The standard InChI is InChI=1S/C31H36O9/c1-15-11-27(3)18(10-20(33)40-24(27)17-8-9-38-14-17)22-23(15)30(6)19-12-28(4,29(30,5)13-21(34)37-7)26(35)31(19,36)25(22)39-16(2)32/h8-9,14,19,23-25,36H,1,10-13H2,2-7H3/t19-,23?,24+,25-,27-,28+,29+,30-,31-/m1/s1. The molecule has 1 aromatic rings. The van der Waals surface area contributed by atoms with Crippen molar-refractivity contribution in [2.45, 2.75) is 78.1 Å². The molecule has 9 nitrogen and oxygen atoms in total. The van der Waals surface area contributed by atoms with Gasteiger partial charge in [-0.3, -0.25) is 19.2 Å². The number of esters is 3. The van der Waals surface area contributed by atoms with Gasteiger partial charge in [-0.25, -0.2) is 0 Å². The van der Waals surface area contributed by atoms with E-state index in [4.69, 9.17) is 18.6 Å². The number of rotatable bonds is 4. The SMILES string of the molecule is C=C1C[C@]2(C)C(=C3C1[C@@]1(C)[C@H]4C[C@@](C)(C(=O)[C@]4(O)[C@@H]3OC(C)=O)[C@]1(C)CC(=O)OC)CC(=O)O[C@H]2c1ccoc1. The summed E-state index contributed by atoms with van der Waals surface area (Å²) >= 11 is 0. The molecule has 9 heteroatoms. The topological polar surface area (TPSA) is 129 Å². The van der Waals surface area contributed by atoms with Crippen molar-refractivity contribution in [2.75, 3.05) is 7.11 Å². The van der Waals surface area contributed by atoms with Crippen LogP contribution in [0.3, 0.4) is 0 Å². The van der Waals surface area contributed by atoms with Crippen LogP contribution in [0, 0.1) is 33.5 Å². The van der Waals surface area contributed by atoms with E-state index in [0.717, 1.165) is 5.57 Å². The smallest absolute Gasteiger partial charge is 0.310 e. The Morgan fingerprint density at radius 3 is 2.50 bits per heavy atom. The van der Waals surface area contributed by atoms with Crippen molar-refractivity contribution in [2.24, 2.45) is 33.5 Å². The molecule has 1 saturated heterocycles. The zero-order valence-corrected chi connectivity index (χ0v) is 23.8. The highest BCUT2D eigenvalue weighted by atomic mass is 16.6. The minimum absolute atomic E-state index is 0.0313. The Kier molecular flexibility index (Phi) is 5.37. The molecule has 9 atom stereocenters. The number of hydrogen-bond donors (Lipinski definition) is 1. The highest BCUT2D eigenvalue weighted by molar-refractivity contribution is 6.00. The minimum Gasteiger partial charge on any atom is -0.472 e. The fourth-order valence-corrected chi connectivity index (χ4v) is 9.83. The Balaban J connectivity index is 1.67. The predicted octanol–water partition coefficient (Wildman–Crippen LogP) is 4.01. The zero-order valence-electron chi connectivity index (χ0n) is 23.8. The molecular weight excluding hydrogens is 516 g/mol. The summed E-state index contributed by atoms with van der Waals surface area (Å²) in [6, 6.07) is 1.74. The third-order valence-corrected chi connectivity index (χ3v) is 11.8. The maximum Gasteiger partial charge on any atom is 0.310 e. The van der Waals surface area contributed by atoms with Gasteiger partial charge in [-0.1, -0.05) is 39.8 Å². The van der Waals surface area contributed by atoms with E-state index in [1.807, 2.05) is 20.8 Å². The molecule has 1 aliphatic heterocycles. The zero-order chi connectivity index (χ0) is 29.2. The van der Waals surface area contributed by atoms with E-state index in [-0.39, 0.29) is 12.8 Å². The maximum absolute atomic E-state index is 14.4. The molecule has 4 fully saturated rings. The molecule has 214 valence electrons. The molecule has 0 spiro atoms. The van der Waals surface area contributed by atoms with E-state index in [2.05, 4.69) is 6.58 Å². The van der Waals surface area contributed by atoms with Gasteiger partial charge in [-0.15, -0.1) is 0 Å². The predicted molar refractivity (Wildman–Crippen MR) is 139 cm³/mol. The van der Waals surface area contributed by atoms with Gasteiger partial charge in [0, 0.05) is 35.2 Å². The summed E-state index contributed by atoms with van der Waals surface area (Å²) in [5, 5.41) is 12.5. The third kappa shape index (κ3) is 2.82. The molecule has 6 rings (SSSR count). The highest BCUT2D eigenvalue weighted by Gasteiger charge is 2.86. The largest absolute Gasteiger partial charge is 0.472 e. The van der Waals surface area contributed by atoms with Gasteiger partial charge in [0.2, 0.25) is 0 Å². The molecule has 2 heterocycles. The number of carbonyl (C=O) groups is 4. The molecule has 0 radical (unpaired) electrons. The maximum atomic E-state index is 14.4. The Labute approximate surface area is 232 Å².